The van der Waals surface area contributed by atoms with Gasteiger partial charge in [-0.05, 0) is 67.2 Å². The molecule has 4 atom stereocenters. The number of hydrogen-bond donors (Lipinski definition) is 0. The molecular weight excluding hydrogens is 726 g/mol. The van der Waals surface area contributed by atoms with Crippen molar-refractivity contribution in [2.24, 2.45) is 0 Å². The predicted molar refractivity (Wildman–Crippen MR) is 164 cm³/mol. The molecule has 0 aliphatic carbocycles. The maximum atomic E-state index is 4.67. The van der Waals surface area contributed by atoms with Crippen LogP contribution in [-0.4, -0.2) is 209 Å². The molecule has 4 bridgehead atoms. The van der Waals surface area contributed by atoms with E-state index in [9.17, 15) is 0 Å². The summed E-state index contributed by atoms with van der Waals surface area (Å²) in [7, 11) is 18.4. The summed E-state index contributed by atoms with van der Waals surface area (Å²) >= 11 is 0.757. The average molecular weight is 786 g/mol. The number of fused-ring (bicyclic) bond motifs is 6. The first-order valence-corrected chi connectivity index (χ1v) is 16.9. The van der Waals surface area contributed by atoms with Crippen LogP contribution in [0.25, 0.3) is 0 Å². The van der Waals surface area contributed by atoms with Crippen molar-refractivity contribution >= 4 is 20.2 Å². The summed E-state index contributed by atoms with van der Waals surface area (Å²) < 4.78 is 0. The van der Waals surface area contributed by atoms with E-state index in [-0.39, 0.29) is 52.8 Å². The fourth-order valence-corrected chi connectivity index (χ4v) is 5.36. The molecule has 4 N–H and O–H groups in total. The monoisotopic (exact) mass is 784 g/mol. The van der Waals surface area contributed by atoms with Crippen LogP contribution in [0.2, 0.25) is 0 Å². The van der Waals surface area contributed by atoms with E-state index in [4.69, 9.17) is 0 Å². The Kier molecular flexibility index (Phi) is 37.9. The summed E-state index contributed by atoms with van der Waals surface area (Å²) in [4.78, 5) is 20.5. The Morgan fingerprint density at radius 1 is 0.357 bits per heavy atom. The second-order valence-corrected chi connectivity index (χ2v) is 12.9. The van der Waals surface area contributed by atoms with Crippen molar-refractivity contribution in [3.05, 3.63) is 0 Å². The van der Waals surface area contributed by atoms with Crippen LogP contribution >= 0.6 is 20.2 Å². The molecule has 1 radical (unpaired) electrons. The molecule has 4 aliphatic heterocycles. The zero-order valence-corrected chi connectivity index (χ0v) is 31.2. The van der Waals surface area contributed by atoms with Gasteiger partial charge in [-0.1, -0.05) is 0 Å². The summed E-state index contributed by atoms with van der Waals surface area (Å²) in [6.45, 7) is 24.8. The molecule has 4 rings (SSSR count). The van der Waals surface area contributed by atoms with Crippen molar-refractivity contribution < 1.29 is 66.0 Å². The van der Waals surface area contributed by atoms with E-state index in [1.165, 1.54) is 144 Å². The summed E-state index contributed by atoms with van der Waals surface area (Å²) in [6.07, 6.45) is 2.64. The van der Waals surface area contributed by atoms with Crippen molar-refractivity contribution in [3.8, 4) is 0 Å². The van der Waals surface area contributed by atoms with E-state index in [0.29, 0.717) is 0 Å². The molecule has 0 aromatic carbocycles. The Labute approximate surface area is 295 Å². The Hall–Kier alpha value is 1.80. The number of halogens is 4. The van der Waals surface area contributed by atoms with Crippen LogP contribution in [-0.2, 0) is 30.2 Å². The topological polar surface area (TPSA) is 88.9 Å². The molecule has 4 fully saturated rings. The molecule has 4 saturated heterocycles. The molecule has 0 aromatic heterocycles. The van der Waals surface area contributed by atoms with Gasteiger partial charge in [0.15, 0.2) is 0 Å². The predicted octanol–water partition coefficient (Wildman–Crippen LogP) is -6.52. The number of hydrogen-bond acceptors (Lipinski definition) is 8. The van der Waals surface area contributed by atoms with Crippen LogP contribution in [0.5, 0.6) is 0 Å². The van der Waals surface area contributed by atoms with Crippen molar-refractivity contribution in [1.82, 2.24) is 39.2 Å². The molecule has 4 heterocycles. The van der Waals surface area contributed by atoms with E-state index in [2.05, 4.69) is 87.6 Å². The molecule has 10 nitrogen and oxygen atoms in total. The van der Waals surface area contributed by atoms with Gasteiger partial charge in [0.05, 0.1) is 0 Å². The third-order valence-electron chi connectivity index (χ3n) is 8.28. The molecular formula is C26H60Cl4Cu2N8O2-2. The molecule has 0 saturated carbocycles. The van der Waals surface area contributed by atoms with Crippen LogP contribution in [0.15, 0.2) is 0 Å². The summed E-state index contributed by atoms with van der Waals surface area (Å²) in [6, 6.07) is 0. The fourth-order valence-electron chi connectivity index (χ4n) is 5.36. The first-order valence-electron chi connectivity index (χ1n) is 14.3. The SMILES string of the molecule is CN1CCCN2CCN(C)CCN(CC1)CC2.CN1CCCN2CCN(C)CCN(CC1)CC2.O.O.[64Cu].[Cl-].[Cl-].[Cl][64Cu][Cl]. The molecule has 4 aliphatic rings. The van der Waals surface area contributed by atoms with Crippen molar-refractivity contribution in [2.75, 3.05) is 159 Å². The van der Waals surface area contributed by atoms with Crippen LogP contribution in [0, 0.1) is 0 Å². The van der Waals surface area contributed by atoms with E-state index in [0.717, 1.165) is 13.1 Å². The second kappa shape index (κ2) is 31.4. The Morgan fingerprint density at radius 2 is 0.524 bits per heavy atom. The summed E-state index contributed by atoms with van der Waals surface area (Å²) in [5, 5.41) is 0. The van der Waals surface area contributed by atoms with Gasteiger partial charge < -0.3 is 65.2 Å². The van der Waals surface area contributed by atoms with E-state index in [1.807, 2.05) is 0 Å². The van der Waals surface area contributed by atoms with Gasteiger partial charge >= 0.3 is 33.3 Å². The number of rotatable bonds is 0. The first kappa shape index (κ1) is 50.7. The van der Waals surface area contributed by atoms with Gasteiger partial charge in [0, 0.05) is 122 Å². The van der Waals surface area contributed by atoms with E-state index >= 15 is 0 Å². The molecule has 42 heavy (non-hydrogen) atoms. The van der Waals surface area contributed by atoms with E-state index < -0.39 is 0 Å². The molecule has 16 heteroatoms. The minimum atomic E-state index is 0. The fraction of sp³-hybridized carbons (Fsp3) is 1.00. The molecule has 4 unspecified atom stereocenters. The van der Waals surface area contributed by atoms with Crippen molar-refractivity contribution in [3.63, 3.8) is 0 Å². The van der Waals surface area contributed by atoms with Crippen molar-refractivity contribution in [2.45, 2.75) is 12.8 Å². The van der Waals surface area contributed by atoms with Crippen LogP contribution in [0.4, 0.5) is 0 Å². The molecule has 0 amide bonds. The molecule has 268 valence electrons. The molecule has 0 aromatic rings. The standard InChI is InChI=1S/2C13H28N4.4ClH.2Cu.2H2O/c2*1-14-4-3-5-16-9-7-15(2)8-11-17(10-6-14)13-12-16;;;;;;;;/h2*3-13H2,1-2H3;4*1H;;;2*1H2/q;;;;;;;+2;;/p-4/i;;;;;;2*1+0;;. The second-order valence-electron chi connectivity index (χ2n) is 11.3. The zero-order chi connectivity index (χ0) is 26.9. The Balaban J connectivity index is -0.000000283. The number of nitrogens with zero attached hydrogens (tertiary/aromatic N) is 8. The van der Waals surface area contributed by atoms with Gasteiger partial charge in [0.1, 0.15) is 0 Å². The summed E-state index contributed by atoms with van der Waals surface area (Å²) in [5.41, 5.74) is 0. The maximum absolute atomic E-state index is 4.67. The third-order valence-corrected chi connectivity index (χ3v) is 8.28. The quantitative estimate of drug-likeness (QED) is 0.225. The van der Waals surface area contributed by atoms with Crippen LogP contribution in [0.3, 0.4) is 0 Å². The van der Waals surface area contributed by atoms with Gasteiger partial charge in [-0.2, -0.15) is 0 Å². The number of likely N-dealkylation sites (N-methyl/N-ethyl adjacent to an activating group) is 4. The first-order chi connectivity index (χ1) is 17.9. The van der Waals surface area contributed by atoms with Gasteiger partial charge in [-0.3, -0.25) is 9.80 Å². The van der Waals surface area contributed by atoms with Crippen LogP contribution in [0.1, 0.15) is 12.8 Å². The van der Waals surface area contributed by atoms with Gasteiger partial charge in [0.2, 0.25) is 0 Å². The Bertz CT molecular complexity index is 544. The Morgan fingerprint density at radius 3 is 0.762 bits per heavy atom. The van der Waals surface area contributed by atoms with Gasteiger partial charge in [0.25, 0.3) is 0 Å². The third kappa shape index (κ3) is 24.0. The minimum absolute atomic E-state index is 0. The molecule has 0 spiro atoms. The van der Waals surface area contributed by atoms with Crippen LogP contribution < -0.4 is 24.8 Å². The normalized spacial score (nSPS) is 28.8. The average Bonchev–Trinajstić information content (AvgIpc) is 3.03. The summed E-state index contributed by atoms with van der Waals surface area (Å²) in [5.74, 6) is 0. The van der Waals surface area contributed by atoms with Crippen molar-refractivity contribution in [1.29, 1.82) is 0 Å². The van der Waals surface area contributed by atoms with Gasteiger partial charge in [-0.25, -0.2) is 0 Å². The zero-order valence-electron chi connectivity index (χ0n) is 26.2. The van der Waals surface area contributed by atoms with Gasteiger partial charge in [-0.15, -0.1) is 0 Å². The van der Waals surface area contributed by atoms with E-state index in [1.54, 1.807) is 0 Å².